The topological polar surface area (TPSA) is 3.88 Å². The van der Waals surface area contributed by atoms with Crippen molar-refractivity contribution in [2.24, 2.45) is 7.05 Å². The average molecular weight is 379 g/mol. The number of benzene rings is 2. The summed E-state index contributed by atoms with van der Waals surface area (Å²) in [6.45, 7) is 6.97. The summed E-state index contributed by atoms with van der Waals surface area (Å²) in [6, 6.07) is 20.1. The fourth-order valence-electron chi connectivity index (χ4n) is 3.71. The van der Waals surface area contributed by atoms with Crippen molar-refractivity contribution in [3.63, 3.8) is 0 Å². The Bertz CT molecular complexity index is 940. The number of pyridine rings is 1. The SMILES string of the molecule is Cc1ccc2c(c1-c1cccc[n+]1C)[Se]c1ccccc1C2(C)C. The van der Waals surface area contributed by atoms with Crippen molar-refractivity contribution >= 4 is 23.9 Å². The van der Waals surface area contributed by atoms with Crippen molar-refractivity contribution in [1.82, 2.24) is 0 Å². The Labute approximate surface area is 150 Å². The third-order valence-electron chi connectivity index (χ3n) is 5.12. The van der Waals surface area contributed by atoms with Crippen molar-refractivity contribution in [3.8, 4) is 11.3 Å². The Morgan fingerprint density at radius 3 is 2.42 bits per heavy atom. The van der Waals surface area contributed by atoms with Gasteiger partial charge in [0.1, 0.15) is 0 Å². The van der Waals surface area contributed by atoms with E-state index in [9.17, 15) is 0 Å². The number of aryl methyl sites for hydroxylation is 2. The van der Waals surface area contributed by atoms with Crippen LogP contribution in [0.15, 0.2) is 60.8 Å². The van der Waals surface area contributed by atoms with Crippen LogP contribution >= 0.6 is 0 Å². The van der Waals surface area contributed by atoms with Crippen molar-refractivity contribution in [2.45, 2.75) is 26.2 Å². The number of hydrogen-bond acceptors (Lipinski definition) is 0. The predicted molar refractivity (Wildman–Crippen MR) is 101 cm³/mol. The molecule has 1 aliphatic heterocycles. The second-order valence-corrected chi connectivity index (χ2v) is 9.26. The molecule has 2 heteroatoms. The Balaban J connectivity index is 2.03. The van der Waals surface area contributed by atoms with Crippen LogP contribution in [0.25, 0.3) is 11.3 Å². The van der Waals surface area contributed by atoms with Crippen LogP contribution in [0.1, 0.15) is 30.5 Å². The molecule has 0 spiro atoms. The molecule has 2 heterocycles. The summed E-state index contributed by atoms with van der Waals surface area (Å²) in [7, 11) is 2.14. The van der Waals surface area contributed by atoms with Crippen LogP contribution in [0.3, 0.4) is 0 Å². The second-order valence-electron chi connectivity index (χ2n) is 7.05. The van der Waals surface area contributed by atoms with E-state index in [1.165, 1.54) is 32.4 Å². The molecule has 1 nitrogen and oxygen atoms in total. The van der Waals surface area contributed by atoms with E-state index in [-0.39, 0.29) is 5.41 Å². The Kier molecular flexibility index (Phi) is 3.63. The van der Waals surface area contributed by atoms with Gasteiger partial charge < -0.3 is 0 Å². The number of nitrogens with zero attached hydrogens (tertiary/aromatic N) is 1. The van der Waals surface area contributed by atoms with Gasteiger partial charge in [-0.05, 0) is 0 Å². The molecule has 120 valence electrons. The second kappa shape index (κ2) is 5.58. The Morgan fingerprint density at radius 2 is 1.62 bits per heavy atom. The average Bonchev–Trinajstić information content (AvgIpc) is 2.56. The summed E-state index contributed by atoms with van der Waals surface area (Å²) >= 11 is 0.339. The van der Waals surface area contributed by atoms with Gasteiger partial charge in [-0.15, -0.1) is 0 Å². The molecule has 0 unspecified atom stereocenters. The molecule has 0 aliphatic carbocycles. The van der Waals surface area contributed by atoms with E-state index in [1.807, 2.05) is 0 Å². The molecular formula is C22H22NSe+. The van der Waals surface area contributed by atoms with E-state index in [0.717, 1.165) is 0 Å². The Hall–Kier alpha value is -1.89. The first-order chi connectivity index (χ1) is 11.5. The van der Waals surface area contributed by atoms with Gasteiger partial charge in [0.15, 0.2) is 0 Å². The van der Waals surface area contributed by atoms with E-state index in [2.05, 4.69) is 93.2 Å². The zero-order valence-electron chi connectivity index (χ0n) is 14.6. The standard InChI is InChI=1S/C22H22NSe/c1-15-12-13-17-21(20(15)18-10-7-8-14-23(18)4)24-19-11-6-5-9-16(19)22(17,2)3/h5-14H,1-4H3/q+1. The molecule has 0 atom stereocenters. The van der Waals surface area contributed by atoms with Gasteiger partial charge in [0.25, 0.3) is 0 Å². The van der Waals surface area contributed by atoms with E-state index in [0.29, 0.717) is 15.0 Å². The van der Waals surface area contributed by atoms with E-state index >= 15 is 0 Å². The first-order valence-electron chi connectivity index (χ1n) is 8.36. The fourth-order valence-corrected chi connectivity index (χ4v) is 7.07. The molecule has 0 bridgehead atoms. The summed E-state index contributed by atoms with van der Waals surface area (Å²) in [6.07, 6.45) is 2.14. The zero-order valence-corrected chi connectivity index (χ0v) is 16.3. The maximum absolute atomic E-state index is 2.37. The molecule has 0 saturated heterocycles. The van der Waals surface area contributed by atoms with Crippen molar-refractivity contribution in [2.75, 3.05) is 0 Å². The van der Waals surface area contributed by atoms with Gasteiger partial charge in [0, 0.05) is 0 Å². The summed E-state index contributed by atoms with van der Waals surface area (Å²) < 4.78 is 5.31. The van der Waals surface area contributed by atoms with Gasteiger partial charge in [-0.25, -0.2) is 0 Å². The zero-order chi connectivity index (χ0) is 16.9. The molecular weight excluding hydrogens is 357 g/mol. The molecule has 1 aromatic heterocycles. The number of fused-ring (bicyclic) bond motifs is 2. The van der Waals surface area contributed by atoms with Crippen LogP contribution < -0.4 is 13.5 Å². The molecule has 3 aromatic rings. The Morgan fingerprint density at radius 1 is 0.875 bits per heavy atom. The predicted octanol–water partition coefficient (Wildman–Crippen LogP) is 2.78. The van der Waals surface area contributed by atoms with Gasteiger partial charge in [-0.2, -0.15) is 0 Å². The van der Waals surface area contributed by atoms with Crippen LogP contribution in [0.4, 0.5) is 0 Å². The third-order valence-corrected chi connectivity index (χ3v) is 7.65. The minimum absolute atomic E-state index is 0.0573. The van der Waals surface area contributed by atoms with E-state index in [1.54, 1.807) is 4.46 Å². The molecule has 0 N–H and O–H groups in total. The third kappa shape index (κ3) is 2.25. The number of aromatic nitrogens is 1. The van der Waals surface area contributed by atoms with Crippen LogP contribution in [-0.2, 0) is 12.5 Å². The van der Waals surface area contributed by atoms with E-state index < -0.39 is 0 Å². The summed E-state index contributed by atoms with van der Waals surface area (Å²) in [5.41, 5.74) is 7.15. The van der Waals surface area contributed by atoms with Gasteiger partial charge in [-0.3, -0.25) is 0 Å². The van der Waals surface area contributed by atoms with Gasteiger partial charge in [0.2, 0.25) is 0 Å². The van der Waals surface area contributed by atoms with Crippen LogP contribution in [0, 0.1) is 6.92 Å². The summed E-state index contributed by atoms with van der Waals surface area (Å²) in [5.74, 6) is 0. The molecule has 2 aromatic carbocycles. The normalized spacial score (nSPS) is 14.8. The maximum atomic E-state index is 2.37. The first-order valence-corrected chi connectivity index (χ1v) is 10.1. The molecule has 1 aliphatic rings. The van der Waals surface area contributed by atoms with Gasteiger partial charge >= 0.3 is 150 Å². The molecule has 24 heavy (non-hydrogen) atoms. The molecule has 4 rings (SSSR count). The van der Waals surface area contributed by atoms with E-state index in [4.69, 9.17) is 0 Å². The van der Waals surface area contributed by atoms with Gasteiger partial charge in [0.05, 0.1) is 0 Å². The van der Waals surface area contributed by atoms with Crippen LogP contribution in [0.2, 0.25) is 0 Å². The number of hydrogen-bond donors (Lipinski definition) is 0. The number of rotatable bonds is 1. The van der Waals surface area contributed by atoms with Crippen LogP contribution in [0.5, 0.6) is 0 Å². The molecule has 0 fully saturated rings. The molecule has 0 saturated carbocycles. The fraction of sp³-hybridized carbons (Fsp3) is 0.227. The van der Waals surface area contributed by atoms with Crippen molar-refractivity contribution < 1.29 is 4.57 Å². The minimum atomic E-state index is 0.0573. The monoisotopic (exact) mass is 380 g/mol. The quantitative estimate of drug-likeness (QED) is 0.452. The van der Waals surface area contributed by atoms with Crippen molar-refractivity contribution in [1.29, 1.82) is 0 Å². The molecule has 0 radical (unpaired) electrons. The van der Waals surface area contributed by atoms with Crippen molar-refractivity contribution in [3.05, 3.63) is 77.5 Å². The van der Waals surface area contributed by atoms with Gasteiger partial charge in [-0.1, -0.05) is 0 Å². The van der Waals surface area contributed by atoms with Crippen LogP contribution in [-0.4, -0.2) is 15.0 Å². The molecule has 0 amide bonds. The summed E-state index contributed by atoms with van der Waals surface area (Å²) in [5, 5.41) is 0. The first kappa shape index (κ1) is 15.6. The summed E-state index contributed by atoms with van der Waals surface area (Å²) in [4.78, 5) is 0.